The SMILES string of the molecule is Cc1ccccc1-n1nc(C(C)(C)C)cc1NC(=O)CN(C(=O)c1ccc2ccccc2c1)C(C)C. The average molecular weight is 483 g/mol. The fourth-order valence-electron chi connectivity index (χ4n) is 4.14. The summed E-state index contributed by atoms with van der Waals surface area (Å²) in [7, 11) is 0. The number of amides is 2. The van der Waals surface area contributed by atoms with Gasteiger partial charge >= 0.3 is 0 Å². The Hall–Kier alpha value is -3.93. The summed E-state index contributed by atoms with van der Waals surface area (Å²) < 4.78 is 1.78. The summed E-state index contributed by atoms with van der Waals surface area (Å²) >= 11 is 0. The van der Waals surface area contributed by atoms with Crippen LogP contribution in [0.3, 0.4) is 0 Å². The number of para-hydroxylation sites is 1. The molecule has 0 saturated heterocycles. The number of anilines is 1. The molecule has 0 bridgehead atoms. The molecule has 36 heavy (non-hydrogen) atoms. The smallest absolute Gasteiger partial charge is 0.254 e. The highest BCUT2D eigenvalue weighted by molar-refractivity contribution is 6.01. The van der Waals surface area contributed by atoms with Crippen molar-refractivity contribution in [2.24, 2.45) is 0 Å². The molecule has 0 radical (unpaired) electrons. The summed E-state index contributed by atoms with van der Waals surface area (Å²) in [6.45, 7) is 12.1. The first-order chi connectivity index (χ1) is 17.0. The molecule has 186 valence electrons. The van der Waals surface area contributed by atoms with Crippen LogP contribution in [0.25, 0.3) is 16.5 Å². The van der Waals surface area contributed by atoms with E-state index >= 15 is 0 Å². The molecule has 0 saturated carbocycles. The number of fused-ring (bicyclic) bond motifs is 1. The Morgan fingerprint density at radius 1 is 0.944 bits per heavy atom. The third-order valence-electron chi connectivity index (χ3n) is 6.28. The molecule has 1 heterocycles. The van der Waals surface area contributed by atoms with Gasteiger partial charge in [0.15, 0.2) is 0 Å². The van der Waals surface area contributed by atoms with E-state index in [1.54, 1.807) is 9.58 Å². The van der Waals surface area contributed by atoms with Crippen LogP contribution in [-0.4, -0.2) is 39.1 Å². The molecule has 0 atom stereocenters. The van der Waals surface area contributed by atoms with Crippen molar-refractivity contribution in [3.63, 3.8) is 0 Å². The molecule has 0 fully saturated rings. The topological polar surface area (TPSA) is 67.2 Å². The van der Waals surface area contributed by atoms with Gasteiger partial charge in [-0.25, -0.2) is 4.68 Å². The first-order valence-corrected chi connectivity index (χ1v) is 12.3. The Bertz CT molecular complexity index is 1410. The lowest BCUT2D eigenvalue weighted by Crippen LogP contribution is -2.42. The number of carbonyl (C=O) groups is 2. The number of nitrogens with zero attached hydrogens (tertiary/aromatic N) is 3. The Balaban J connectivity index is 1.60. The quantitative estimate of drug-likeness (QED) is 0.360. The summed E-state index contributed by atoms with van der Waals surface area (Å²) in [6, 6.07) is 23.3. The van der Waals surface area contributed by atoms with Crippen molar-refractivity contribution in [1.82, 2.24) is 14.7 Å². The van der Waals surface area contributed by atoms with E-state index in [0.29, 0.717) is 11.4 Å². The van der Waals surface area contributed by atoms with Gasteiger partial charge in [0.1, 0.15) is 12.4 Å². The number of aromatic nitrogens is 2. The van der Waals surface area contributed by atoms with Crippen molar-refractivity contribution in [2.45, 2.75) is 53.0 Å². The van der Waals surface area contributed by atoms with Crippen LogP contribution in [0.5, 0.6) is 0 Å². The standard InChI is InChI=1S/C30H34N4O2/c1-20(2)33(29(36)24-16-15-22-12-8-9-13-23(22)17-24)19-28(35)31-27-18-26(30(4,5)6)32-34(27)25-14-10-7-11-21(25)3/h7-18,20H,19H2,1-6H3,(H,31,35). The predicted molar refractivity (Wildman–Crippen MR) is 146 cm³/mol. The zero-order chi connectivity index (χ0) is 26.0. The molecular weight excluding hydrogens is 448 g/mol. The average Bonchev–Trinajstić information content (AvgIpc) is 3.26. The minimum absolute atomic E-state index is 0.0624. The first-order valence-electron chi connectivity index (χ1n) is 12.3. The molecule has 0 spiro atoms. The van der Waals surface area contributed by atoms with E-state index in [1.165, 1.54) is 0 Å². The van der Waals surface area contributed by atoms with Crippen LogP contribution in [-0.2, 0) is 10.2 Å². The summed E-state index contributed by atoms with van der Waals surface area (Å²) in [5.41, 5.74) is 3.19. The van der Waals surface area contributed by atoms with E-state index in [2.05, 4.69) is 26.1 Å². The van der Waals surface area contributed by atoms with Gasteiger partial charge in [-0.2, -0.15) is 5.10 Å². The summed E-state index contributed by atoms with van der Waals surface area (Å²) in [5, 5.41) is 9.90. The van der Waals surface area contributed by atoms with Gasteiger partial charge in [0, 0.05) is 23.1 Å². The molecule has 0 unspecified atom stereocenters. The molecule has 6 nitrogen and oxygen atoms in total. The maximum Gasteiger partial charge on any atom is 0.254 e. The molecule has 4 rings (SSSR count). The van der Waals surface area contributed by atoms with Gasteiger partial charge < -0.3 is 10.2 Å². The van der Waals surface area contributed by atoms with E-state index in [1.807, 2.05) is 93.6 Å². The number of nitrogens with one attached hydrogen (secondary N) is 1. The minimum atomic E-state index is -0.270. The van der Waals surface area contributed by atoms with Gasteiger partial charge in [0.05, 0.1) is 11.4 Å². The van der Waals surface area contributed by atoms with Crippen LogP contribution >= 0.6 is 0 Å². The van der Waals surface area contributed by atoms with Crippen molar-refractivity contribution in [3.8, 4) is 5.69 Å². The van der Waals surface area contributed by atoms with E-state index in [9.17, 15) is 9.59 Å². The number of hydrogen-bond acceptors (Lipinski definition) is 3. The van der Waals surface area contributed by atoms with Crippen molar-refractivity contribution in [1.29, 1.82) is 0 Å². The van der Waals surface area contributed by atoms with E-state index < -0.39 is 0 Å². The lowest BCUT2D eigenvalue weighted by atomic mass is 9.92. The van der Waals surface area contributed by atoms with E-state index in [0.717, 1.165) is 27.7 Å². The second kappa shape index (κ2) is 9.97. The van der Waals surface area contributed by atoms with Gasteiger partial charge in [0.25, 0.3) is 5.91 Å². The molecule has 6 heteroatoms. The molecule has 0 aliphatic rings. The van der Waals surface area contributed by atoms with Crippen molar-refractivity contribution in [3.05, 3.63) is 89.6 Å². The van der Waals surface area contributed by atoms with Crippen molar-refractivity contribution < 1.29 is 9.59 Å². The fourth-order valence-corrected chi connectivity index (χ4v) is 4.14. The van der Waals surface area contributed by atoms with Gasteiger partial charge in [-0.05, 0) is 55.3 Å². The number of aryl methyl sites for hydroxylation is 1. The highest BCUT2D eigenvalue weighted by Crippen LogP contribution is 2.27. The Kier molecular flexibility index (Phi) is 6.97. The molecule has 1 N–H and O–H groups in total. The number of benzene rings is 3. The normalized spacial score (nSPS) is 11.6. The molecule has 3 aromatic carbocycles. The van der Waals surface area contributed by atoms with Crippen LogP contribution in [0.1, 0.15) is 56.2 Å². The third kappa shape index (κ3) is 5.33. The summed E-state index contributed by atoms with van der Waals surface area (Å²) in [6.07, 6.45) is 0. The second-order valence-corrected chi connectivity index (χ2v) is 10.5. The van der Waals surface area contributed by atoms with Crippen LogP contribution in [0.15, 0.2) is 72.8 Å². The third-order valence-corrected chi connectivity index (χ3v) is 6.28. The van der Waals surface area contributed by atoms with E-state index in [-0.39, 0.29) is 29.8 Å². The van der Waals surface area contributed by atoms with Crippen LogP contribution < -0.4 is 5.32 Å². The number of hydrogen-bond donors (Lipinski definition) is 1. The Morgan fingerprint density at radius 3 is 2.28 bits per heavy atom. The Labute approximate surface area is 212 Å². The van der Waals surface area contributed by atoms with Gasteiger partial charge in [0.2, 0.25) is 5.91 Å². The van der Waals surface area contributed by atoms with Gasteiger partial charge in [-0.1, -0.05) is 69.3 Å². The fraction of sp³-hybridized carbons (Fsp3) is 0.300. The largest absolute Gasteiger partial charge is 0.327 e. The highest BCUT2D eigenvalue weighted by atomic mass is 16.2. The van der Waals surface area contributed by atoms with Crippen molar-refractivity contribution in [2.75, 3.05) is 11.9 Å². The van der Waals surface area contributed by atoms with Gasteiger partial charge in [-0.15, -0.1) is 0 Å². The molecular formula is C30H34N4O2. The lowest BCUT2D eigenvalue weighted by Gasteiger charge is -2.26. The second-order valence-electron chi connectivity index (χ2n) is 10.5. The monoisotopic (exact) mass is 482 g/mol. The molecule has 2 amide bonds. The lowest BCUT2D eigenvalue weighted by molar-refractivity contribution is -0.117. The summed E-state index contributed by atoms with van der Waals surface area (Å²) in [4.78, 5) is 28.3. The predicted octanol–water partition coefficient (Wildman–Crippen LogP) is 6.12. The van der Waals surface area contributed by atoms with Crippen LogP contribution in [0.4, 0.5) is 5.82 Å². The zero-order valence-electron chi connectivity index (χ0n) is 21.9. The van der Waals surface area contributed by atoms with E-state index in [4.69, 9.17) is 5.10 Å². The Morgan fingerprint density at radius 2 is 1.61 bits per heavy atom. The number of rotatable bonds is 6. The van der Waals surface area contributed by atoms with Crippen LogP contribution in [0.2, 0.25) is 0 Å². The van der Waals surface area contributed by atoms with Crippen molar-refractivity contribution >= 4 is 28.4 Å². The maximum absolute atomic E-state index is 13.4. The molecule has 0 aliphatic carbocycles. The highest BCUT2D eigenvalue weighted by Gasteiger charge is 2.25. The molecule has 1 aromatic heterocycles. The molecule has 0 aliphatic heterocycles. The molecule has 4 aromatic rings. The summed E-state index contributed by atoms with van der Waals surface area (Å²) in [5.74, 6) is 0.141. The first kappa shape index (κ1) is 25.2. The maximum atomic E-state index is 13.4. The van der Waals surface area contributed by atoms with Gasteiger partial charge in [-0.3, -0.25) is 9.59 Å². The minimum Gasteiger partial charge on any atom is -0.327 e. The number of carbonyl (C=O) groups excluding carboxylic acids is 2. The zero-order valence-corrected chi connectivity index (χ0v) is 21.9. The van der Waals surface area contributed by atoms with Crippen LogP contribution in [0, 0.1) is 6.92 Å².